The number of carboxylic acid groups (broad SMARTS) is 2. The van der Waals surface area contributed by atoms with Gasteiger partial charge in [0, 0.05) is 0 Å². The molecular formula is C12H16N4O4. The summed E-state index contributed by atoms with van der Waals surface area (Å²) in [5.41, 5.74) is 0. The molecule has 108 valence electrons. The molecule has 0 saturated heterocycles. The molecule has 0 rings (SSSR count). The number of nitriles is 2. The Morgan fingerprint density at radius 2 is 1.25 bits per heavy atom. The number of hydrogen-bond acceptors (Lipinski definition) is 6. The first-order chi connectivity index (χ1) is 9.42. The van der Waals surface area contributed by atoms with E-state index in [0.29, 0.717) is 0 Å². The molecule has 0 aliphatic rings. The van der Waals surface area contributed by atoms with E-state index in [-0.39, 0.29) is 12.8 Å². The van der Waals surface area contributed by atoms with Crippen LogP contribution in [-0.2, 0) is 9.59 Å². The first-order valence-electron chi connectivity index (χ1n) is 6.07. The maximum atomic E-state index is 10.9. The van der Waals surface area contributed by atoms with Gasteiger partial charge in [0.25, 0.3) is 0 Å². The van der Waals surface area contributed by atoms with E-state index in [9.17, 15) is 9.59 Å². The van der Waals surface area contributed by atoms with Gasteiger partial charge in [0.15, 0.2) is 11.8 Å². The van der Waals surface area contributed by atoms with E-state index in [0.717, 1.165) is 0 Å². The van der Waals surface area contributed by atoms with Crippen LogP contribution in [0, 0.1) is 34.5 Å². The predicted molar refractivity (Wildman–Crippen MR) is 66.5 cm³/mol. The highest BCUT2D eigenvalue weighted by atomic mass is 16.4. The lowest BCUT2D eigenvalue weighted by Crippen LogP contribution is -2.27. The molecular weight excluding hydrogens is 264 g/mol. The van der Waals surface area contributed by atoms with Crippen molar-refractivity contribution in [2.75, 3.05) is 0 Å². The third kappa shape index (κ3) is 4.65. The average Bonchev–Trinajstić information content (AvgIpc) is 2.40. The second-order valence-corrected chi connectivity index (χ2v) is 4.07. The number of aliphatic carboxylic acids is 2. The van der Waals surface area contributed by atoms with Crippen molar-refractivity contribution in [1.29, 1.82) is 10.5 Å². The summed E-state index contributed by atoms with van der Waals surface area (Å²) in [4.78, 5) is 21.7. The van der Waals surface area contributed by atoms with Gasteiger partial charge in [0.2, 0.25) is 0 Å². The van der Waals surface area contributed by atoms with E-state index in [2.05, 4.69) is 10.2 Å². The molecule has 0 spiro atoms. The predicted octanol–water partition coefficient (Wildman–Crippen LogP) is 1.44. The molecule has 0 radical (unpaired) electrons. The van der Waals surface area contributed by atoms with E-state index < -0.39 is 35.9 Å². The Labute approximate surface area is 116 Å². The second kappa shape index (κ2) is 8.59. The molecule has 4 unspecified atom stereocenters. The molecule has 0 bridgehead atoms. The first kappa shape index (κ1) is 17.5. The number of carbonyl (C=O) groups is 2. The number of hydrogen-bond donors (Lipinski definition) is 2. The Morgan fingerprint density at radius 1 is 0.950 bits per heavy atom. The van der Waals surface area contributed by atoms with Crippen LogP contribution in [-0.4, -0.2) is 34.2 Å². The number of nitrogens with zero attached hydrogens (tertiary/aromatic N) is 4. The Kier molecular flexibility index (Phi) is 7.53. The zero-order chi connectivity index (χ0) is 15.7. The lowest BCUT2D eigenvalue weighted by molar-refractivity contribution is -0.141. The molecule has 0 aromatic carbocycles. The van der Waals surface area contributed by atoms with Gasteiger partial charge in [-0.1, -0.05) is 13.8 Å². The molecule has 0 amide bonds. The van der Waals surface area contributed by atoms with E-state index in [4.69, 9.17) is 20.7 Å². The normalized spacial score (nSPS) is 16.6. The first-order valence-corrected chi connectivity index (χ1v) is 6.07. The molecule has 0 aliphatic carbocycles. The minimum Gasteiger partial charge on any atom is -0.480 e. The highest BCUT2D eigenvalue weighted by molar-refractivity contribution is 5.74. The van der Waals surface area contributed by atoms with Crippen LogP contribution >= 0.6 is 0 Å². The van der Waals surface area contributed by atoms with Crippen LogP contribution in [0.25, 0.3) is 0 Å². The SMILES string of the molecule is CCC(N=NC(CC)C(C#N)C(=O)O)C(C#N)C(=O)O. The summed E-state index contributed by atoms with van der Waals surface area (Å²) in [6.45, 7) is 3.30. The summed E-state index contributed by atoms with van der Waals surface area (Å²) in [7, 11) is 0. The van der Waals surface area contributed by atoms with Crippen LogP contribution in [0.5, 0.6) is 0 Å². The summed E-state index contributed by atoms with van der Waals surface area (Å²) >= 11 is 0. The van der Waals surface area contributed by atoms with Crippen molar-refractivity contribution < 1.29 is 19.8 Å². The third-order valence-electron chi connectivity index (χ3n) is 2.78. The van der Waals surface area contributed by atoms with E-state index in [1.165, 1.54) is 0 Å². The van der Waals surface area contributed by atoms with Gasteiger partial charge in [-0.15, -0.1) is 0 Å². The fraction of sp³-hybridized carbons (Fsp3) is 0.667. The Balaban J connectivity index is 5.13. The fourth-order valence-electron chi connectivity index (χ4n) is 1.55. The van der Waals surface area contributed by atoms with Gasteiger partial charge in [0.1, 0.15) is 0 Å². The number of carboxylic acids is 2. The molecule has 0 heterocycles. The molecule has 2 N–H and O–H groups in total. The number of azo groups is 1. The Bertz CT molecular complexity index is 421. The summed E-state index contributed by atoms with van der Waals surface area (Å²) in [5, 5.41) is 42.8. The van der Waals surface area contributed by atoms with Crippen molar-refractivity contribution in [2.45, 2.75) is 38.8 Å². The molecule has 0 aliphatic heterocycles. The molecule has 0 aromatic heterocycles. The van der Waals surface area contributed by atoms with Gasteiger partial charge in [-0.05, 0) is 12.8 Å². The molecule has 0 saturated carbocycles. The summed E-state index contributed by atoms with van der Waals surface area (Å²) in [6.07, 6.45) is 0.545. The standard InChI is InChI=1S/C12H16N4O4/c1-3-9(7(5-13)11(17)18)15-16-10(4-2)8(6-14)12(19)20/h7-10H,3-4H2,1-2H3,(H,17,18)(H,19,20). The van der Waals surface area contributed by atoms with Crippen LogP contribution in [0.2, 0.25) is 0 Å². The fourth-order valence-corrected chi connectivity index (χ4v) is 1.55. The summed E-state index contributed by atoms with van der Waals surface area (Å²) in [5.74, 6) is -5.29. The van der Waals surface area contributed by atoms with Crippen molar-refractivity contribution in [1.82, 2.24) is 0 Å². The second-order valence-electron chi connectivity index (χ2n) is 4.07. The van der Waals surface area contributed by atoms with Gasteiger partial charge in [-0.25, -0.2) is 0 Å². The lowest BCUT2D eigenvalue weighted by atomic mass is 9.99. The maximum absolute atomic E-state index is 10.9. The van der Waals surface area contributed by atoms with Gasteiger partial charge < -0.3 is 10.2 Å². The molecule has 0 aromatic rings. The minimum absolute atomic E-state index is 0.273. The maximum Gasteiger partial charge on any atom is 0.323 e. The lowest BCUT2D eigenvalue weighted by Gasteiger charge is -2.14. The Hall–Kier alpha value is -2.48. The van der Waals surface area contributed by atoms with Crippen molar-refractivity contribution in [2.24, 2.45) is 22.1 Å². The number of rotatable bonds is 8. The van der Waals surface area contributed by atoms with Gasteiger partial charge in [-0.3, -0.25) is 9.59 Å². The van der Waals surface area contributed by atoms with Crippen LogP contribution < -0.4 is 0 Å². The van der Waals surface area contributed by atoms with Crippen molar-refractivity contribution in [3.05, 3.63) is 0 Å². The zero-order valence-corrected chi connectivity index (χ0v) is 11.2. The van der Waals surface area contributed by atoms with Crippen molar-refractivity contribution >= 4 is 11.9 Å². The largest absolute Gasteiger partial charge is 0.480 e. The van der Waals surface area contributed by atoms with Crippen LogP contribution in [0.15, 0.2) is 10.2 Å². The van der Waals surface area contributed by atoms with Crippen molar-refractivity contribution in [3.8, 4) is 12.1 Å². The highest BCUT2D eigenvalue weighted by Crippen LogP contribution is 2.17. The molecule has 8 nitrogen and oxygen atoms in total. The van der Waals surface area contributed by atoms with Gasteiger partial charge in [0.05, 0.1) is 24.2 Å². The molecule has 8 heteroatoms. The monoisotopic (exact) mass is 280 g/mol. The minimum atomic E-state index is -1.34. The zero-order valence-electron chi connectivity index (χ0n) is 11.2. The van der Waals surface area contributed by atoms with E-state index in [1.54, 1.807) is 26.0 Å². The quantitative estimate of drug-likeness (QED) is 0.643. The summed E-state index contributed by atoms with van der Waals surface area (Å²) in [6, 6.07) is 1.53. The van der Waals surface area contributed by atoms with E-state index in [1.807, 2.05) is 0 Å². The summed E-state index contributed by atoms with van der Waals surface area (Å²) < 4.78 is 0. The Morgan fingerprint density at radius 3 is 1.40 bits per heavy atom. The smallest absolute Gasteiger partial charge is 0.323 e. The topological polar surface area (TPSA) is 147 Å². The van der Waals surface area contributed by atoms with E-state index >= 15 is 0 Å². The van der Waals surface area contributed by atoms with Gasteiger partial charge >= 0.3 is 11.9 Å². The van der Waals surface area contributed by atoms with Crippen molar-refractivity contribution in [3.63, 3.8) is 0 Å². The molecule has 0 fully saturated rings. The van der Waals surface area contributed by atoms with Crippen LogP contribution in [0.3, 0.4) is 0 Å². The highest BCUT2D eigenvalue weighted by Gasteiger charge is 2.29. The van der Waals surface area contributed by atoms with Crippen LogP contribution in [0.4, 0.5) is 0 Å². The van der Waals surface area contributed by atoms with Gasteiger partial charge in [-0.2, -0.15) is 20.8 Å². The van der Waals surface area contributed by atoms with Crippen LogP contribution in [0.1, 0.15) is 26.7 Å². The average molecular weight is 280 g/mol. The third-order valence-corrected chi connectivity index (χ3v) is 2.78. The molecule has 4 atom stereocenters. The molecule has 20 heavy (non-hydrogen) atoms.